The van der Waals surface area contributed by atoms with Crippen LogP contribution in [0.4, 0.5) is 0 Å². The molecule has 1 aliphatic carbocycles. The molecular weight excluding hydrogens is 236 g/mol. The second-order valence-electron chi connectivity index (χ2n) is 5.95. The lowest BCUT2D eigenvalue weighted by molar-refractivity contribution is 0.0852. The van der Waals surface area contributed by atoms with Crippen molar-refractivity contribution in [2.75, 3.05) is 6.61 Å². The second-order valence-corrected chi connectivity index (χ2v) is 5.95. The molecule has 0 aromatic heterocycles. The summed E-state index contributed by atoms with van der Waals surface area (Å²) in [5.41, 5.74) is 3.74. The maximum Gasteiger partial charge on any atom is 0.122 e. The Morgan fingerprint density at radius 2 is 1.74 bits per heavy atom. The quantitative estimate of drug-likeness (QED) is 0.871. The highest BCUT2D eigenvalue weighted by Gasteiger charge is 2.22. The average Bonchev–Trinajstić information content (AvgIpc) is 2.89. The van der Waals surface area contributed by atoms with Gasteiger partial charge in [0, 0.05) is 6.42 Å². The number of aryl methyl sites for hydroxylation is 3. The number of ether oxygens (including phenoxy) is 1. The van der Waals surface area contributed by atoms with Crippen molar-refractivity contribution in [1.82, 2.24) is 0 Å². The predicted molar refractivity (Wildman–Crippen MR) is 78.7 cm³/mol. The van der Waals surface area contributed by atoms with Gasteiger partial charge in [0.15, 0.2) is 0 Å². The molecule has 106 valence electrons. The number of aliphatic hydroxyl groups excluding tert-OH is 1. The predicted octanol–water partition coefficient (Wildman–Crippen LogP) is 3.93. The van der Waals surface area contributed by atoms with Crippen LogP contribution in [0, 0.1) is 26.7 Å². The van der Waals surface area contributed by atoms with Crippen molar-refractivity contribution in [2.45, 2.75) is 59.0 Å². The largest absolute Gasteiger partial charge is 0.493 e. The fourth-order valence-corrected chi connectivity index (χ4v) is 2.96. The Labute approximate surface area is 116 Å². The third kappa shape index (κ3) is 3.73. The van der Waals surface area contributed by atoms with Gasteiger partial charge in [0.1, 0.15) is 5.75 Å². The molecular formula is C17H26O2. The van der Waals surface area contributed by atoms with Crippen LogP contribution in [0.1, 0.15) is 48.8 Å². The van der Waals surface area contributed by atoms with Gasteiger partial charge < -0.3 is 9.84 Å². The zero-order valence-corrected chi connectivity index (χ0v) is 12.4. The van der Waals surface area contributed by atoms with Crippen molar-refractivity contribution in [2.24, 2.45) is 5.92 Å². The molecule has 1 aromatic rings. The third-order valence-corrected chi connectivity index (χ3v) is 4.41. The number of benzene rings is 1. The monoisotopic (exact) mass is 262 g/mol. The molecule has 1 aromatic carbocycles. The van der Waals surface area contributed by atoms with Crippen LogP contribution < -0.4 is 4.74 Å². The second kappa shape index (κ2) is 6.42. The Balaban J connectivity index is 1.83. The Kier molecular flexibility index (Phi) is 4.87. The van der Waals surface area contributed by atoms with Gasteiger partial charge in [-0.25, -0.2) is 0 Å². The Morgan fingerprint density at radius 3 is 2.42 bits per heavy atom. The van der Waals surface area contributed by atoms with Gasteiger partial charge in [-0.3, -0.25) is 0 Å². The van der Waals surface area contributed by atoms with Crippen LogP contribution in [0.25, 0.3) is 0 Å². The third-order valence-electron chi connectivity index (χ3n) is 4.41. The molecule has 2 rings (SSSR count). The number of aliphatic hydroxyl groups is 1. The van der Waals surface area contributed by atoms with E-state index in [-0.39, 0.29) is 6.10 Å². The molecule has 1 fully saturated rings. The summed E-state index contributed by atoms with van der Waals surface area (Å²) in [6, 6.07) is 4.27. The lowest BCUT2D eigenvalue weighted by Crippen LogP contribution is -2.20. The van der Waals surface area contributed by atoms with Gasteiger partial charge in [-0.05, 0) is 62.3 Å². The molecule has 1 saturated carbocycles. The highest BCUT2D eigenvalue weighted by molar-refractivity contribution is 5.40. The van der Waals surface area contributed by atoms with Gasteiger partial charge >= 0.3 is 0 Å². The molecule has 0 heterocycles. The van der Waals surface area contributed by atoms with Crippen molar-refractivity contribution >= 4 is 0 Å². The van der Waals surface area contributed by atoms with Crippen LogP contribution in [0.15, 0.2) is 12.1 Å². The first kappa shape index (κ1) is 14.4. The molecule has 19 heavy (non-hydrogen) atoms. The van der Waals surface area contributed by atoms with Crippen molar-refractivity contribution in [3.8, 4) is 5.75 Å². The lowest BCUT2D eigenvalue weighted by atomic mass is 9.99. The normalized spacial score (nSPS) is 17.7. The van der Waals surface area contributed by atoms with E-state index in [2.05, 4.69) is 32.9 Å². The Bertz CT molecular complexity index is 420. The molecule has 0 spiro atoms. The maximum atomic E-state index is 10.1. The van der Waals surface area contributed by atoms with E-state index in [1.807, 2.05) is 0 Å². The first-order valence-electron chi connectivity index (χ1n) is 7.46. The molecule has 2 nitrogen and oxygen atoms in total. The average molecular weight is 262 g/mol. The number of rotatable bonds is 5. The fourth-order valence-electron chi connectivity index (χ4n) is 2.96. The zero-order chi connectivity index (χ0) is 13.8. The molecule has 0 amide bonds. The van der Waals surface area contributed by atoms with E-state index in [4.69, 9.17) is 4.74 Å². The summed E-state index contributed by atoms with van der Waals surface area (Å²) in [4.78, 5) is 0. The fraction of sp³-hybridized carbons (Fsp3) is 0.647. The number of hydrogen-bond donors (Lipinski definition) is 1. The standard InChI is InChI=1S/C17H26O2/c1-12-10-14(3)17(11-13(12)2)19-9-8-16(18)15-6-4-5-7-15/h10-11,15-16,18H,4-9H2,1-3H3. The smallest absolute Gasteiger partial charge is 0.122 e. The van der Waals surface area contributed by atoms with E-state index >= 15 is 0 Å². The molecule has 1 atom stereocenters. The topological polar surface area (TPSA) is 29.5 Å². The van der Waals surface area contributed by atoms with E-state index in [0.717, 1.165) is 12.2 Å². The summed E-state index contributed by atoms with van der Waals surface area (Å²) in [6.07, 6.45) is 5.48. The van der Waals surface area contributed by atoms with Gasteiger partial charge in [-0.2, -0.15) is 0 Å². The summed E-state index contributed by atoms with van der Waals surface area (Å²) in [5, 5.41) is 10.1. The van der Waals surface area contributed by atoms with E-state index in [1.54, 1.807) is 0 Å². The van der Waals surface area contributed by atoms with Crippen molar-refractivity contribution in [3.05, 3.63) is 28.8 Å². The van der Waals surface area contributed by atoms with Crippen LogP contribution in [0.3, 0.4) is 0 Å². The highest BCUT2D eigenvalue weighted by atomic mass is 16.5. The van der Waals surface area contributed by atoms with Gasteiger partial charge in [-0.1, -0.05) is 18.9 Å². The first-order valence-corrected chi connectivity index (χ1v) is 7.46. The number of hydrogen-bond acceptors (Lipinski definition) is 2. The van der Waals surface area contributed by atoms with Gasteiger partial charge in [0.05, 0.1) is 12.7 Å². The van der Waals surface area contributed by atoms with E-state index in [1.165, 1.54) is 42.4 Å². The van der Waals surface area contributed by atoms with Gasteiger partial charge in [0.2, 0.25) is 0 Å². The molecule has 0 saturated heterocycles. The minimum atomic E-state index is -0.186. The van der Waals surface area contributed by atoms with Crippen molar-refractivity contribution < 1.29 is 9.84 Å². The summed E-state index contributed by atoms with van der Waals surface area (Å²) in [7, 11) is 0. The van der Waals surface area contributed by atoms with Crippen LogP contribution in [-0.4, -0.2) is 17.8 Å². The highest BCUT2D eigenvalue weighted by Crippen LogP contribution is 2.29. The van der Waals surface area contributed by atoms with Crippen molar-refractivity contribution in [1.29, 1.82) is 0 Å². The molecule has 2 heteroatoms. The molecule has 1 aliphatic rings. The summed E-state index contributed by atoms with van der Waals surface area (Å²) < 4.78 is 5.84. The minimum absolute atomic E-state index is 0.186. The van der Waals surface area contributed by atoms with E-state index < -0.39 is 0 Å². The Morgan fingerprint density at radius 1 is 1.11 bits per heavy atom. The lowest BCUT2D eigenvalue weighted by Gasteiger charge is -2.18. The molecule has 0 aliphatic heterocycles. The van der Waals surface area contributed by atoms with Gasteiger partial charge in [-0.15, -0.1) is 0 Å². The Hall–Kier alpha value is -1.02. The first-order chi connectivity index (χ1) is 9.08. The van der Waals surface area contributed by atoms with Crippen LogP contribution in [-0.2, 0) is 0 Å². The molecule has 0 bridgehead atoms. The van der Waals surface area contributed by atoms with Crippen LogP contribution in [0.2, 0.25) is 0 Å². The minimum Gasteiger partial charge on any atom is -0.493 e. The summed E-state index contributed by atoms with van der Waals surface area (Å²) in [5.74, 6) is 1.46. The molecule has 1 unspecified atom stereocenters. The van der Waals surface area contributed by atoms with E-state index in [0.29, 0.717) is 12.5 Å². The molecule has 0 radical (unpaired) electrons. The summed E-state index contributed by atoms with van der Waals surface area (Å²) >= 11 is 0. The van der Waals surface area contributed by atoms with Crippen LogP contribution >= 0.6 is 0 Å². The maximum absolute atomic E-state index is 10.1. The van der Waals surface area contributed by atoms with Crippen molar-refractivity contribution in [3.63, 3.8) is 0 Å². The van der Waals surface area contributed by atoms with Gasteiger partial charge in [0.25, 0.3) is 0 Å². The zero-order valence-electron chi connectivity index (χ0n) is 12.4. The SMILES string of the molecule is Cc1cc(C)c(OCCC(O)C2CCCC2)cc1C. The summed E-state index contributed by atoms with van der Waals surface area (Å²) in [6.45, 7) is 6.92. The van der Waals surface area contributed by atoms with Crippen LogP contribution in [0.5, 0.6) is 5.75 Å². The molecule has 1 N–H and O–H groups in total. The van der Waals surface area contributed by atoms with E-state index in [9.17, 15) is 5.11 Å².